The number of nitrogens with zero attached hydrogens (tertiary/aromatic N) is 2. The Morgan fingerprint density at radius 1 is 1.36 bits per heavy atom. The number of primary amides is 1. The SMILES string of the molecule is Cc1ccc(-c2nc(C(O)COc3ccc(F)c(C(N)=O)c3F)oc2Br)cn1. The number of rotatable bonds is 6. The van der Waals surface area contributed by atoms with Crippen molar-refractivity contribution >= 4 is 21.8 Å². The van der Waals surface area contributed by atoms with Gasteiger partial charge in [0.05, 0.1) is 0 Å². The molecular weight excluding hydrogens is 440 g/mol. The summed E-state index contributed by atoms with van der Waals surface area (Å²) in [6.45, 7) is 1.38. The largest absolute Gasteiger partial charge is 0.487 e. The molecule has 0 fully saturated rings. The monoisotopic (exact) mass is 453 g/mol. The molecule has 146 valence electrons. The minimum Gasteiger partial charge on any atom is -0.487 e. The zero-order valence-corrected chi connectivity index (χ0v) is 16.0. The number of aryl methyl sites for hydroxylation is 1. The molecule has 3 N–H and O–H groups in total. The molecule has 28 heavy (non-hydrogen) atoms. The second kappa shape index (κ2) is 8.03. The van der Waals surface area contributed by atoms with Gasteiger partial charge in [0.1, 0.15) is 23.7 Å². The molecule has 0 spiro atoms. The number of benzene rings is 1. The summed E-state index contributed by atoms with van der Waals surface area (Å²) in [6, 6.07) is 5.41. The minimum atomic E-state index is -1.36. The Morgan fingerprint density at radius 3 is 2.75 bits per heavy atom. The number of nitrogens with two attached hydrogens (primary N) is 1. The van der Waals surface area contributed by atoms with Gasteiger partial charge < -0.3 is 20.0 Å². The third-order valence-electron chi connectivity index (χ3n) is 3.77. The zero-order chi connectivity index (χ0) is 20.4. The van der Waals surface area contributed by atoms with Crippen molar-refractivity contribution in [1.82, 2.24) is 9.97 Å². The van der Waals surface area contributed by atoms with Gasteiger partial charge in [-0.1, -0.05) is 0 Å². The lowest BCUT2D eigenvalue weighted by Gasteiger charge is -2.11. The number of aliphatic hydroxyl groups excluding tert-OH is 1. The predicted molar refractivity (Wildman–Crippen MR) is 97.5 cm³/mol. The van der Waals surface area contributed by atoms with E-state index in [1.165, 1.54) is 0 Å². The Morgan fingerprint density at radius 2 is 2.11 bits per heavy atom. The second-order valence-corrected chi connectivity index (χ2v) is 6.51. The first-order valence-corrected chi connectivity index (χ1v) is 8.75. The number of amides is 1. The predicted octanol–water partition coefficient (Wildman–Crippen LogP) is 3.30. The molecular formula is C18H14BrF2N3O4. The highest BCUT2D eigenvalue weighted by molar-refractivity contribution is 9.10. The third-order valence-corrected chi connectivity index (χ3v) is 4.31. The average Bonchev–Trinajstić information content (AvgIpc) is 3.03. The van der Waals surface area contributed by atoms with E-state index in [0.29, 0.717) is 11.3 Å². The number of hydrogen-bond donors (Lipinski definition) is 2. The Hall–Kier alpha value is -2.85. The van der Waals surface area contributed by atoms with Crippen LogP contribution in [0.5, 0.6) is 5.75 Å². The maximum Gasteiger partial charge on any atom is 0.254 e. The molecule has 1 atom stereocenters. The summed E-state index contributed by atoms with van der Waals surface area (Å²) in [6.07, 6.45) is 0.245. The molecule has 0 saturated carbocycles. The number of oxazole rings is 1. The summed E-state index contributed by atoms with van der Waals surface area (Å²) < 4.78 is 38.5. The number of hydrogen-bond acceptors (Lipinski definition) is 6. The molecule has 0 aliphatic carbocycles. The topological polar surface area (TPSA) is 111 Å². The first kappa shape index (κ1) is 19.9. The van der Waals surface area contributed by atoms with Crippen LogP contribution in [0.3, 0.4) is 0 Å². The molecule has 3 aromatic rings. The molecule has 2 aromatic heterocycles. The Balaban J connectivity index is 1.77. The van der Waals surface area contributed by atoms with Crippen molar-refractivity contribution in [3.63, 3.8) is 0 Å². The van der Waals surface area contributed by atoms with Crippen molar-refractivity contribution in [2.75, 3.05) is 6.61 Å². The lowest BCUT2D eigenvalue weighted by Crippen LogP contribution is -2.17. The van der Waals surface area contributed by atoms with Crippen LogP contribution >= 0.6 is 15.9 Å². The molecule has 10 heteroatoms. The van der Waals surface area contributed by atoms with Crippen LogP contribution in [0.1, 0.15) is 28.0 Å². The number of aromatic nitrogens is 2. The first-order valence-electron chi connectivity index (χ1n) is 7.95. The molecule has 1 amide bonds. The quantitative estimate of drug-likeness (QED) is 0.592. The van der Waals surface area contributed by atoms with E-state index in [2.05, 4.69) is 25.9 Å². The van der Waals surface area contributed by atoms with Crippen LogP contribution in [0.2, 0.25) is 0 Å². The third kappa shape index (κ3) is 4.02. The number of halogens is 3. The Labute approximate surface area is 166 Å². The van der Waals surface area contributed by atoms with Crippen molar-refractivity contribution in [1.29, 1.82) is 0 Å². The van der Waals surface area contributed by atoms with Crippen molar-refractivity contribution < 1.29 is 27.8 Å². The summed E-state index contributed by atoms with van der Waals surface area (Å²) in [4.78, 5) is 19.5. The molecule has 0 saturated heterocycles. The standard InChI is InChI=1S/C18H14BrF2N3O4/c1-8-2-3-9(6-23-8)15-16(19)28-18(24-15)11(25)7-27-12-5-4-10(20)13(14(12)21)17(22)26/h2-6,11,25H,7H2,1H3,(H2,22,26). The van der Waals surface area contributed by atoms with Gasteiger partial charge in [-0.05, 0) is 47.1 Å². The second-order valence-electron chi connectivity index (χ2n) is 5.79. The van der Waals surface area contributed by atoms with Crippen molar-refractivity contribution in [2.24, 2.45) is 5.73 Å². The van der Waals surface area contributed by atoms with Gasteiger partial charge in [0.2, 0.25) is 5.89 Å². The van der Waals surface area contributed by atoms with Gasteiger partial charge in [-0.2, -0.15) is 0 Å². The van der Waals surface area contributed by atoms with E-state index in [1.54, 1.807) is 18.3 Å². The number of aliphatic hydroxyl groups is 1. The molecule has 7 nitrogen and oxygen atoms in total. The summed E-state index contributed by atoms with van der Waals surface area (Å²) in [5.74, 6) is -4.15. The summed E-state index contributed by atoms with van der Waals surface area (Å²) in [5, 5.41) is 10.2. The zero-order valence-electron chi connectivity index (χ0n) is 14.4. The molecule has 0 aliphatic rings. The summed E-state index contributed by atoms with van der Waals surface area (Å²) in [5.41, 5.74) is 5.95. The fourth-order valence-corrected chi connectivity index (χ4v) is 2.84. The molecule has 0 bridgehead atoms. The minimum absolute atomic E-state index is 0.0832. The van der Waals surface area contributed by atoms with Crippen LogP contribution in [0.15, 0.2) is 39.5 Å². The van der Waals surface area contributed by atoms with Crippen molar-refractivity contribution in [3.8, 4) is 17.0 Å². The van der Waals surface area contributed by atoms with Gasteiger partial charge in [0.25, 0.3) is 5.91 Å². The average molecular weight is 454 g/mol. The Kier molecular flexibility index (Phi) is 5.71. The van der Waals surface area contributed by atoms with Crippen molar-refractivity contribution in [2.45, 2.75) is 13.0 Å². The highest BCUT2D eigenvalue weighted by Crippen LogP contribution is 2.31. The van der Waals surface area contributed by atoms with E-state index >= 15 is 0 Å². The van der Waals surface area contributed by atoms with Crippen LogP contribution in [0.4, 0.5) is 8.78 Å². The normalized spacial score (nSPS) is 12.0. The van der Waals surface area contributed by atoms with E-state index in [0.717, 1.165) is 17.8 Å². The van der Waals surface area contributed by atoms with Gasteiger partial charge >= 0.3 is 0 Å². The van der Waals surface area contributed by atoms with E-state index in [-0.39, 0.29) is 10.6 Å². The molecule has 0 aliphatic heterocycles. The molecule has 2 heterocycles. The van der Waals surface area contributed by atoms with Gasteiger partial charge in [-0.15, -0.1) is 0 Å². The Bertz CT molecular complexity index is 1020. The summed E-state index contributed by atoms with van der Waals surface area (Å²) in [7, 11) is 0. The lowest BCUT2D eigenvalue weighted by atomic mass is 10.1. The molecule has 3 rings (SSSR count). The number of carbonyl (C=O) groups is 1. The van der Waals surface area contributed by atoms with E-state index in [9.17, 15) is 18.7 Å². The van der Waals surface area contributed by atoms with E-state index < -0.39 is 41.6 Å². The fraction of sp³-hybridized carbons (Fsp3) is 0.167. The van der Waals surface area contributed by atoms with Crippen LogP contribution in [-0.4, -0.2) is 27.6 Å². The van der Waals surface area contributed by atoms with Crippen LogP contribution in [-0.2, 0) is 0 Å². The van der Waals surface area contributed by atoms with Gasteiger partial charge in [0.15, 0.2) is 22.3 Å². The van der Waals surface area contributed by atoms with Crippen molar-refractivity contribution in [3.05, 3.63) is 63.9 Å². The summed E-state index contributed by atoms with van der Waals surface area (Å²) >= 11 is 3.22. The number of pyridine rings is 1. The maximum atomic E-state index is 14.2. The van der Waals surface area contributed by atoms with Crippen LogP contribution in [0, 0.1) is 18.6 Å². The van der Waals surface area contributed by atoms with E-state index in [4.69, 9.17) is 14.9 Å². The fourth-order valence-electron chi connectivity index (χ4n) is 2.36. The highest BCUT2D eigenvalue weighted by atomic mass is 79.9. The van der Waals surface area contributed by atoms with Crippen LogP contribution in [0.25, 0.3) is 11.3 Å². The number of ether oxygens (including phenoxy) is 1. The molecule has 1 aromatic carbocycles. The lowest BCUT2D eigenvalue weighted by molar-refractivity contribution is 0.0811. The van der Waals surface area contributed by atoms with Gasteiger partial charge in [-0.3, -0.25) is 9.78 Å². The smallest absolute Gasteiger partial charge is 0.254 e. The molecule has 1 unspecified atom stereocenters. The highest BCUT2D eigenvalue weighted by Gasteiger charge is 2.23. The number of carbonyl (C=O) groups excluding carboxylic acids is 1. The van der Waals surface area contributed by atoms with Gasteiger partial charge in [-0.25, -0.2) is 13.8 Å². The van der Waals surface area contributed by atoms with E-state index in [1.807, 2.05) is 6.92 Å². The first-order chi connectivity index (χ1) is 13.3. The molecule has 0 radical (unpaired) electrons. The maximum absolute atomic E-state index is 14.2. The van der Waals surface area contributed by atoms with Crippen LogP contribution < -0.4 is 10.5 Å². The van der Waals surface area contributed by atoms with Gasteiger partial charge in [0, 0.05) is 17.5 Å².